The number of carbonyl (C=O) groups excluding carboxylic acids is 3. The Balaban J connectivity index is 2.61. The Morgan fingerprint density at radius 3 is 1.20 bits per heavy atom. The number of para-hydroxylation sites is 1. The number of hydrogen-bond acceptors (Lipinski definition) is 5. The van der Waals surface area contributed by atoms with E-state index in [0.717, 1.165) is 108 Å². The quantitative estimate of drug-likeness (QED) is 0.0370. The minimum Gasteiger partial charge on any atom is -0.462 e. The van der Waals surface area contributed by atoms with Gasteiger partial charge >= 0.3 is 11.9 Å². The van der Waals surface area contributed by atoms with Gasteiger partial charge in [-0.3, -0.25) is 14.4 Å². The molecule has 1 aromatic rings. The number of esters is 2. The summed E-state index contributed by atoms with van der Waals surface area (Å²) in [6.07, 6.45) is 62.5. The second-order valence-electron chi connectivity index (χ2n) is 19.8. The number of ether oxygens (including phenoxy) is 2. The third-order valence-corrected chi connectivity index (χ3v) is 13.1. The molecule has 0 aliphatic rings. The van der Waals surface area contributed by atoms with Crippen LogP contribution in [0.15, 0.2) is 78.9 Å². The van der Waals surface area contributed by atoms with Gasteiger partial charge in [0.25, 0.3) is 0 Å². The monoisotopic (exact) mass is 958 g/mol. The van der Waals surface area contributed by atoms with Crippen LogP contribution in [0, 0.1) is 0 Å². The topological polar surface area (TPSA) is 72.9 Å². The fourth-order valence-corrected chi connectivity index (χ4v) is 8.73. The number of hydrogen-bond donors (Lipinski definition) is 0. The van der Waals surface area contributed by atoms with Crippen LogP contribution < -0.4 is 4.90 Å². The summed E-state index contributed by atoms with van der Waals surface area (Å²) in [6.45, 7) is 6.87. The molecular formula is C63H107NO5. The first-order valence-electron chi connectivity index (χ1n) is 29.3. The Morgan fingerprint density at radius 2 is 0.768 bits per heavy atom. The molecular weight excluding hydrogens is 851 g/mol. The molecule has 0 spiro atoms. The summed E-state index contributed by atoms with van der Waals surface area (Å²) in [7, 11) is 0. The number of unbranched alkanes of at least 4 members (excludes halogenated alkanes) is 30. The molecule has 0 aliphatic heterocycles. The number of amides is 1. The normalized spacial score (nSPS) is 12.3. The van der Waals surface area contributed by atoms with Crippen molar-refractivity contribution >= 4 is 23.5 Å². The van der Waals surface area contributed by atoms with Gasteiger partial charge in [0.05, 0.1) is 6.54 Å². The van der Waals surface area contributed by atoms with Crippen LogP contribution in [0.2, 0.25) is 0 Å². The zero-order valence-electron chi connectivity index (χ0n) is 45.3. The fraction of sp³-hybridized carbons (Fsp3) is 0.730. The van der Waals surface area contributed by atoms with Crippen LogP contribution in [0.25, 0.3) is 0 Å². The Bertz CT molecular complexity index is 1420. The number of rotatable bonds is 50. The van der Waals surface area contributed by atoms with Gasteiger partial charge in [-0.2, -0.15) is 0 Å². The third kappa shape index (κ3) is 43.1. The summed E-state index contributed by atoms with van der Waals surface area (Å²) < 4.78 is 11.8. The summed E-state index contributed by atoms with van der Waals surface area (Å²) in [5.41, 5.74) is 0.773. The molecule has 0 bridgehead atoms. The molecule has 0 radical (unpaired) electrons. The molecule has 1 aromatic carbocycles. The van der Waals surface area contributed by atoms with E-state index in [0.29, 0.717) is 19.3 Å². The van der Waals surface area contributed by atoms with E-state index in [1.54, 1.807) is 4.90 Å². The number of nitrogens with zero attached hydrogens (tertiary/aromatic N) is 1. The van der Waals surface area contributed by atoms with Crippen molar-refractivity contribution in [3.8, 4) is 0 Å². The summed E-state index contributed by atoms with van der Waals surface area (Å²) >= 11 is 0. The maximum absolute atomic E-state index is 13.9. The van der Waals surface area contributed by atoms with Gasteiger partial charge in [-0.1, -0.05) is 242 Å². The molecule has 0 N–H and O–H groups in total. The molecule has 0 saturated heterocycles. The molecule has 0 aliphatic carbocycles. The minimum absolute atomic E-state index is 0.0159. The lowest BCUT2D eigenvalue weighted by Crippen LogP contribution is -2.41. The average molecular weight is 959 g/mol. The zero-order valence-corrected chi connectivity index (χ0v) is 45.3. The number of benzene rings is 1. The van der Waals surface area contributed by atoms with Crippen molar-refractivity contribution in [1.82, 2.24) is 0 Å². The molecule has 0 aromatic heterocycles. The Kier molecular flexibility index (Phi) is 47.0. The van der Waals surface area contributed by atoms with E-state index >= 15 is 0 Å². The van der Waals surface area contributed by atoms with Gasteiger partial charge < -0.3 is 14.4 Å². The van der Waals surface area contributed by atoms with Crippen LogP contribution in [0.1, 0.15) is 278 Å². The van der Waals surface area contributed by atoms with Gasteiger partial charge in [-0.25, -0.2) is 0 Å². The van der Waals surface area contributed by atoms with Gasteiger partial charge in [0, 0.05) is 24.9 Å². The first-order valence-corrected chi connectivity index (χ1v) is 29.3. The second-order valence-corrected chi connectivity index (χ2v) is 19.8. The van der Waals surface area contributed by atoms with E-state index in [1.165, 1.54) is 135 Å². The molecule has 0 heterocycles. The van der Waals surface area contributed by atoms with E-state index in [9.17, 15) is 14.4 Å². The second kappa shape index (κ2) is 51.0. The van der Waals surface area contributed by atoms with Crippen molar-refractivity contribution in [3.05, 3.63) is 78.9 Å². The molecule has 0 fully saturated rings. The highest BCUT2D eigenvalue weighted by Crippen LogP contribution is 2.20. The first-order chi connectivity index (χ1) is 34.0. The van der Waals surface area contributed by atoms with Crippen LogP contribution in [0.5, 0.6) is 0 Å². The number of allylic oxidation sites excluding steroid dienone is 8. The fourth-order valence-electron chi connectivity index (χ4n) is 8.73. The van der Waals surface area contributed by atoms with Crippen molar-refractivity contribution in [1.29, 1.82) is 0 Å². The Labute approximate surface area is 426 Å². The SMILES string of the molecule is CCCCCC=CCC=CCCCCCCCC(=O)OC[C@@H](CN(C(=O)CCCCCCCCCCCCCCCCC)c1ccccc1)OC(=O)CCCCCCCC=CCC=CCCCCC. The van der Waals surface area contributed by atoms with Crippen LogP contribution in [-0.4, -0.2) is 37.1 Å². The summed E-state index contributed by atoms with van der Waals surface area (Å²) in [4.78, 5) is 41.9. The van der Waals surface area contributed by atoms with Crippen molar-refractivity contribution in [3.63, 3.8) is 0 Å². The first kappa shape index (κ1) is 63.6. The van der Waals surface area contributed by atoms with Crippen LogP contribution in [-0.2, 0) is 23.9 Å². The molecule has 6 nitrogen and oxygen atoms in total. The van der Waals surface area contributed by atoms with Gasteiger partial charge in [0.2, 0.25) is 5.91 Å². The Morgan fingerprint density at radius 1 is 0.420 bits per heavy atom. The number of carbonyl (C=O) groups is 3. The number of anilines is 1. The summed E-state index contributed by atoms with van der Waals surface area (Å²) in [5.74, 6) is -0.550. The molecule has 0 unspecified atom stereocenters. The lowest BCUT2D eigenvalue weighted by molar-refractivity contribution is -0.158. The third-order valence-electron chi connectivity index (χ3n) is 13.1. The standard InChI is InChI=1S/C63H107NO5/c1-4-7-10-13-16-19-22-25-28-31-34-37-40-43-49-54-61(65)64(59-52-47-46-48-53-59)57-60(69-63(67)56-51-45-42-39-36-33-30-27-24-21-18-15-12-9-6-3)58-68-62(66)55-50-44-41-38-35-32-29-26-23-20-17-14-11-8-5-2/h17-18,20-21,26-27,29-30,46-48,52-53,60H,4-16,19,22-25,28,31-45,49-51,54-58H2,1-3H3/t60-/m1/s1. The van der Waals surface area contributed by atoms with Crippen molar-refractivity contribution in [2.24, 2.45) is 0 Å². The molecule has 69 heavy (non-hydrogen) atoms. The minimum atomic E-state index is -0.741. The van der Waals surface area contributed by atoms with Crippen molar-refractivity contribution in [2.45, 2.75) is 284 Å². The molecule has 6 heteroatoms. The highest BCUT2D eigenvalue weighted by Gasteiger charge is 2.25. The largest absolute Gasteiger partial charge is 0.462 e. The lowest BCUT2D eigenvalue weighted by atomic mass is 10.0. The molecule has 1 atom stereocenters. The van der Waals surface area contributed by atoms with E-state index < -0.39 is 6.10 Å². The maximum atomic E-state index is 13.9. The molecule has 1 amide bonds. The predicted octanol–water partition coefficient (Wildman–Crippen LogP) is 19.4. The van der Waals surface area contributed by atoms with E-state index in [4.69, 9.17) is 9.47 Å². The van der Waals surface area contributed by atoms with Gasteiger partial charge in [-0.05, 0) is 95.6 Å². The Hall–Kier alpha value is -3.41. The van der Waals surface area contributed by atoms with Crippen LogP contribution in [0.3, 0.4) is 0 Å². The highest BCUT2D eigenvalue weighted by molar-refractivity contribution is 5.93. The smallest absolute Gasteiger partial charge is 0.306 e. The van der Waals surface area contributed by atoms with E-state index in [1.807, 2.05) is 30.3 Å². The van der Waals surface area contributed by atoms with Crippen LogP contribution >= 0.6 is 0 Å². The van der Waals surface area contributed by atoms with Gasteiger partial charge in [-0.15, -0.1) is 0 Å². The lowest BCUT2D eigenvalue weighted by Gasteiger charge is -2.28. The maximum Gasteiger partial charge on any atom is 0.306 e. The molecule has 0 saturated carbocycles. The summed E-state index contributed by atoms with van der Waals surface area (Å²) in [5, 5.41) is 0. The van der Waals surface area contributed by atoms with E-state index in [2.05, 4.69) is 69.4 Å². The molecule has 394 valence electrons. The highest BCUT2D eigenvalue weighted by atomic mass is 16.6. The zero-order chi connectivity index (χ0) is 49.8. The van der Waals surface area contributed by atoms with Crippen LogP contribution in [0.4, 0.5) is 5.69 Å². The van der Waals surface area contributed by atoms with Gasteiger partial charge in [0.15, 0.2) is 6.10 Å². The van der Waals surface area contributed by atoms with Gasteiger partial charge in [0.1, 0.15) is 6.61 Å². The van der Waals surface area contributed by atoms with Crippen molar-refractivity contribution in [2.75, 3.05) is 18.1 Å². The average Bonchev–Trinajstić information content (AvgIpc) is 3.36. The summed E-state index contributed by atoms with van der Waals surface area (Å²) in [6, 6.07) is 9.67. The molecule has 1 rings (SSSR count). The van der Waals surface area contributed by atoms with Crippen molar-refractivity contribution < 1.29 is 23.9 Å². The van der Waals surface area contributed by atoms with E-state index in [-0.39, 0.29) is 31.0 Å². The predicted molar refractivity (Wildman–Crippen MR) is 298 cm³/mol.